The standard InChI is InChI=1S/C17H24N4O2/c1-4-16-18-7-9-21(16)14-6-5-8-20(11-14)17(22)10-15-12(2)19-23-13(15)3/h7,9,14H,4-6,8,10-11H2,1-3H3/t14-/m1/s1. The largest absolute Gasteiger partial charge is 0.361 e. The quantitative estimate of drug-likeness (QED) is 0.869. The van der Waals surface area contributed by atoms with Crippen LogP contribution >= 0.6 is 0 Å². The lowest BCUT2D eigenvalue weighted by Crippen LogP contribution is -2.41. The molecule has 0 aliphatic carbocycles. The molecule has 1 fully saturated rings. The highest BCUT2D eigenvalue weighted by Crippen LogP contribution is 2.24. The smallest absolute Gasteiger partial charge is 0.227 e. The van der Waals surface area contributed by atoms with Crippen molar-refractivity contribution in [3.05, 3.63) is 35.2 Å². The van der Waals surface area contributed by atoms with Gasteiger partial charge in [-0.2, -0.15) is 0 Å². The predicted molar refractivity (Wildman–Crippen MR) is 86.1 cm³/mol. The van der Waals surface area contributed by atoms with E-state index in [0.29, 0.717) is 12.5 Å². The molecule has 0 bridgehead atoms. The van der Waals surface area contributed by atoms with Crippen LogP contribution in [-0.2, 0) is 17.6 Å². The zero-order valence-corrected chi connectivity index (χ0v) is 14.1. The molecule has 1 aliphatic heterocycles. The van der Waals surface area contributed by atoms with E-state index >= 15 is 0 Å². The molecule has 0 saturated carbocycles. The summed E-state index contributed by atoms with van der Waals surface area (Å²) in [5.41, 5.74) is 1.74. The summed E-state index contributed by atoms with van der Waals surface area (Å²) in [6.45, 7) is 7.44. The Bertz CT molecular complexity index is 669. The molecule has 1 atom stereocenters. The van der Waals surface area contributed by atoms with Crippen molar-refractivity contribution < 1.29 is 9.32 Å². The summed E-state index contributed by atoms with van der Waals surface area (Å²) in [5.74, 6) is 1.99. The van der Waals surface area contributed by atoms with Gasteiger partial charge in [-0.1, -0.05) is 12.1 Å². The summed E-state index contributed by atoms with van der Waals surface area (Å²) in [6, 6.07) is 0.329. The van der Waals surface area contributed by atoms with Gasteiger partial charge in [0.15, 0.2) is 0 Å². The van der Waals surface area contributed by atoms with E-state index in [2.05, 4.69) is 21.6 Å². The number of imidazole rings is 1. The minimum atomic E-state index is 0.155. The lowest BCUT2D eigenvalue weighted by atomic mass is 10.0. The molecule has 2 aromatic rings. The second-order valence-corrected chi connectivity index (χ2v) is 6.22. The minimum Gasteiger partial charge on any atom is -0.361 e. The fourth-order valence-electron chi connectivity index (χ4n) is 3.38. The Kier molecular flexibility index (Phi) is 4.50. The van der Waals surface area contributed by atoms with Crippen LogP contribution in [0.15, 0.2) is 16.9 Å². The molecule has 1 saturated heterocycles. The van der Waals surface area contributed by atoms with Crippen molar-refractivity contribution in [1.82, 2.24) is 19.6 Å². The number of carbonyl (C=O) groups excluding carboxylic acids is 1. The number of hydrogen-bond acceptors (Lipinski definition) is 4. The number of aryl methyl sites for hydroxylation is 3. The molecule has 0 spiro atoms. The number of piperidine rings is 1. The van der Waals surface area contributed by atoms with E-state index in [1.165, 1.54) is 0 Å². The molecule has 1 amide bonds. The van der Waals surface area contributed by atoms with Gasteiger partial charge in [-0.3, -0.25) is 4.79 Å². The minimum absolute atomic E-state index is 0.155. The summed E-state index contributed by atoms with van der Waals surface area (Å²) in [4.78, 5) is 19.0. The van der Waals surface area contributed by atoms with E-state index in [4.69, 9.17) is 4.52 Å². The van der Waals surface area contributed by atoms with Gasteiger partial charge < -0.3 is 14.0 Å². The summed E-state index contributed by atoms with van der Waals surface area (Å²) in [6.07, 6.45) is 7.29. The Labute approximate surface area is 136 Å². The van der Waals surface area contributed by atoms with Gasteiger partial charge in [0.05, 0.1) is 18.2 Å². The second-order valence-electron chi connectivity index (χ2n) is 6.22. The fourth-order valence-corrected chi connectivity index (χ4v) is 3.38. The molecule has 6 heteroatoms. The Balaban J connectivity index is 1.70. The third-order valence-electron chi connectivity index (χ3n) is 4.72. The zero-order chi connectivity index (χ0) is 16.4. The van der Waals surface area contributed by atoms with Gasteiger partial charge in [-0.15, -0.1) is 0 Å². The first-order chi connectivity index (χ1) is 11.1. The third-order valence-corrected chi connectivity index (χ3v) is 4.72. The van der Waals surface area contributed by atoms with Gasteiger partial charge in [0, 0.05) is 37.5 Å². The Hall–Kier alpha value is -2.11. The lowest BCUT2D eigenvalue weighted by molar-refractivity contribution is -0.132. The molecule has 124 valence electrons. The molecule has 0 unspecified atom stereocenters. The molecule has 0 radical (unpaired) electrons. The SMILES string of the molecule is CCc1nccn1[C@@H]1CCCN(C(=O)Cc2c(C)noc2C)C1. The van der Waals surface area contributed by atoms with Crippen LogP contribution in [0.3, 0.4) is 0 Å². The van der Waals surface area contributed by atoms with Gasteiger partial charge in [0.1, 0.15) is 11.6 Å². The molecule has 0 aromatic carbocycles. The number of carbonyl (C=O) groups is 1. The monoisotopic (exact) mass is 316 g/mol. The number of likely N-dealkylation sites (tertiary alicyclic amines) is 1. The Morgan fingerprint density at radius 1 is 1.43 bits per heavy atom. The molecular formula is C17H24N4O2. The topological polar surface area (TPSA) is 64.2 Å². The van der Waals surface area contributed by atoms with E-state index in [0.717, 1.165) is 55.2 Å². The number of rotatable bonds is 4. The van der Waals surface area contributed by atoms with Crippen molar-refractivity contribution >= 4 is 5.91 Å². The average molecular weight is 316 g/mol. The highest BCUT2D eigenvalue weighted by atomic mass is 16.5. The molecule has 1 aliphatic rings. The first-order valence-electron chi connectivity index (χ1n) is 8.31. The van der Waals surface area contributed by atoms with E-state index in [9.17, 15) is 4.79 Å². The average Bonchev–Trinajstić information content (AvgIpc) is 3.16. The van der Waals surface area contributed by atoms with Crippen LogP contribution in [0, 0.1) is 13.8 Å². The maximum absolute atomic E-state index is 12.7. The molecular weight excluding hydrogens is 292 g/mol. The summed E-state index contributed by atoms with van der Waals surface area (Å²) in [5, 5.41) is 3.93. The van der Waals surface area contributed by atoms with Crippen molar-refractivity contribution in [2.24, 2.45) is 0 Å². The van der Waals surface area contributed by atoms with Crippen LogP contribution in [0.2, 0.25) is 0 Å². The predicted octanol–water partition coefficient (Wildman–Crippen LogP) is 2.46. The van der Waals surface area contributed by atoms with E-state index in [1.54, 1.807) is 0 Å². The summed E-state index contributed by atoms with van der Waals surface area (Å²) < 4.78 is 7.39. The first kappa shape index (κ1) is 15.8. The highest BCUT2D eigenvalue weighted by molar-refractivity contribution is 5.79. The maximum atomic E-state index is 12.7. The van der Waals surface area contributed by atoms with Crippen molar-refractivity contribution in [2.75, 3.05) is 13.1 Å². The molecule has 3 heterocycles. The van der Waals surface area contributed by atoms with Crippen molar-refractivity contribution in [3.63, 3.8) is 0 Å². The van der Waals surface area contributed by atoms with Crippen LogP contribution in [-0.4, -0.2) is 38.6 Å². The van der Waals surface area contributed by atoms with Gasteiger partial charge in [0.2, 0.25) is 5.91 Å². The van der Waals surface area contributed by atoms with Crippen molar-refractivity contribution in [3.8, 4) is 0 Å². The molecule has 2 aromatic heterocycles. The third kappa shape index (κ3) is 3.16. The van der Waals surface area contributed by atoms with Crippen LogP contribution in [0.1, 0.15) is 48.6 Å². The van der Waals surface area contributed by atoms with E-state index < -0.39 is 0 Å². The van der Waals surface area contributed by atoms with Crippen molar-refractivity contribution in [1.29, 1.82) is 0 Å². The Morgan fingerprint density at radius 3 is 2.96 bits per heavy atom. The number of aromatic nitrogens is 3. The van der Waals surface area contributed by atoms with Gasteiger partial charge in [-0.25, -0.2) is 4.98 Å². The van der Waals surface area contributed by atoms with Crippen LogP contribution < -0.4 is 0 Å². The van der Waals surface area contributed by atoms with Crippen LogP contribution in [0.4, 0.5) is 0 Å². The fraction of sp³-hybridized carbons (Fsp3) is 0.588. The highest BCUT2D eigenvalue weighted by Gasteiger charge is 2.26. The maximum Gasteiger partial charge on any atom is 0.227 e. The lowest BCUT2D eigenvalue weighted by Gasteiger charge is -2.34. The van der Waals surface area contributed by atoms with Gasteiger partial charge in [-0.05, 0) is 26.7 Å². The second kappa shape index (κ2) is 6.56. The summed E-state index contributed by atoms with van der Waals surface area (Å²) in [7, 11) is 0. The van der Waals surface area contributed by atoms with Gasteiger partial charge in [0.25, 0.3) is 0 Å². The summed E-state index contributed by atoms with van der Waals surface area (Å²) >= 11 is 0. The van der Waals surface area contributed by atoms with Crippen molar-refractivity contribution in [2.45, 2.75) is 52.5 Å². The Morgan fingerprint density at radius 2 is 2.26 bits per heavy atom. The zero-order valence-electron chi connectivity index (χ0n) is 14.1. The van der Waals surface area contributed by atoms with E-state index in [-0.39, 0.29) is 5.91 Å². The number of amides is 1. The number of nitrogens with zero attached hydrogens (tertiary/aromatic N) is 4. The van der Waals surface area contributed by atoms with E-state index in [1.807, 2.05) is 31.1 Å². The normalized spacial score (nSPS) is 18.4. The molecule has 6 nitrogen and oxygen atoms in total. The molecule has 0 N–H and O–H groups in total. The van der Waals surface area contributed by atoms with Gasteiger partial charge >= 0.3 is 0 Å². The molecule has 23 heavy (non-hydrogen) atoms. The number of hydrogen-bond donors (Lipinski definition) is 0. The van der Waals surface area contributed by atoms with Crippen LogP contribution in [0.5, 0.6) is 0 Å². The molecule has 3 rings (SSSR count). The first-order valence-corrected chi connectivity index (χ1v) is 8.31. The van der Waals surface area contributed by atoms with Crippen LogP contribution in [0.25, 0.3) is 0 Å².